The van der Waals surface area contributed by atoms with E-state index in [0.717, 1.165) is 18.8 Å². The van der Waals surface area contributed by atoms with Gasteiger partial charge in [0.15, 0.2) is 5.82 Å². The molecule has 0 amide bonds. The van der Waals surface area contributed by atoms with Crippen molar-refractivity contribution in [3.8, 4) is 0 Å². The van der Waals surface area contributed by atoms with Crippen molar-refractivity contribution in [3.63, 3.8) is 0 Å². The fourth-order valence-electron chi connectivity index (χ4n) is 2.38. The summed E-state index contributed by atoms with van der Waals surface area (Å²) >= 11 is 0. The second-order valence-electron chi connectivity index (χ2n) is 6.04. The standard InChI is InChI=1S/C15H19N3O/c1-15(2,3)14-17-13(19-18-14)12-11-7-5-4-6-10(11)8-9-16-12/h4-7,12,16H,8-9H2,1-3H3. The van der Waals surface area contributed by atoms with E-state index in [-0.39, 0.29) is 11.5 Å². The normalized spacial score (nSPS) is 19.2. The van der Waals surface area contributed by atoms with Crippen LogP contribution in [-0.2, 0) is 11.8 Å². The highest BCUT2D eigenvalue weighted by Gasteiger charge is 2.28. The third-order valence-corrected chi connectivity index (χ3v) is 3.47. The number of nitrogens with one attached hydrogen (secondary N) is 1. The van der Waals surface area contributed by atoms with E-state index in [0.29, 0.717) is 5.89 Å². The van der Waals surface area contributed by atoms with Gasteiger partial charge < -0.3 is 9.84 Å². The molecule has 1 aliphatic heterocycles. The number of aromatic nitrogens is 2. The molecule has 0 radical (unpaired) electrons. The first-order chi connectivity index (χ1) is 9.05. The Bertz CT molecular complexity index is 583. The average molecular weight is 257 g/mol. The molecule has 1 aromatic carbocycles. The average Bonchev–Trinajstić information content (AvgIpc) is 2.87. The molecule has 1 atom stereocenters. The van der Waals surface area contributed by atoms with Crippen LogP contribution in [-0.4, -0.2) is 16.7 Å². The summed E-state index contributed by atoms with van der Waals surface area (Å²) in [7, 11) is 0. The van der Waals surface area contributed by atoms with E-state index < -0.39 is 0 Å². The lowest BCUT2D eigenvalue weighted by atomic mass is 9.94. The molecule has 0 saturated heterocycles. The van der Waals surface area contributed by atoms with Crippen molar-refractivity contribution in [1.82, 2.24) is 15.5 Å². The van der Waals surface area contributed by atoms with Crippen molar-refractivity contribution in [2.75, 3.05) is 6.54 Å². The van der Waals surface area contributed by atoms with Crippen molar-refractivity contribution in [1.29, 1.82) is 0 Å². The molecule has 0 spiro atoms. The van der Waals surface area contributed by atoms with Crippen LogP contribution in [0.5, 0.6) is 0 Å². The number of benzene rings is 1. The summed E-state index contributed by atoms with van der Waals surface area (Å²) < 4.78 is 5.46. The molecule has 1 aliphatic rings. The van der Waals surface area contributed by atoms with Crippen LogP contribution < -0.4 is 5.32 Å². The van der Waals surface area contributed by atoms with Crippen LogP contribution in [0, 0.1) is 0 Å². The summed E-state index contributed by atoms with van der Waals surface area (Å²) in [6.07, 6.45) is 1.05. The molecule has 4 heteroatoms. The summed E-state index contributed by atoms with van der Waals surface area (Å²) in [6, 6.07) is 8.46. The first-order valence-electron chi connectivity index (χ1n) is 6.71. The minimum Gasteiger partial charge on any atom is -0.337 e. The molecular formula is C15H19N3O. The smallest absolute Gasteiger partial charge is 0.248 e. The third kappa shape index (κ3) is 2.28. The van der Waals surface area contributed by atoms with Crippen LogP contribution in [0.2, 0.25) is 0 Å². The summed E-state index contributed by atoms with van der Waals surface area (Å²) in [5, 5.41) is 7.57. The molecule has 0 fully saturated rings. The molecule has 1 N–H and O–H groups in total. The molecule has 2 heterocycles. The van der Waals surface area contributed by atoms with Gasteiger partial charge in [-0.05, 0) is 17.5 Å². The van der Waals surface area contributed by atoms with Gasteiger partial charge in [-0.1, -0.05) is 50.2 Å². The van der Waals surface area contributed by atoms with E-state index in [2.05, 4.69) is 60.5 Å². The van der Waals surface area contributed by atoms with Crippen molar-refractivity contribution in [2.24, 2.45) is 0 Å². The molecule has 2 aromatic rings. The second kappa shape index (κ2) is 4.46. The van der Waals surface area contributed by atoms with E-state index in [1.165, 1.54) is 11.1 Å². The number of fused-ring (bicyclic) bond motifs is 1. The maximum Gasteiger partial charge on any atom is 0.248 e. The Labute approximate surface area is 113 Å². The van der Waals surface area contributed by atoms with Crippen LogP contribution in [0.3, 0.4) is 0 Å². The molecule has 0 aliphatic carbocycles. The van der Waals surface area contributed by atoms with E-state index in [1.807, 2.05) is 0 Å². The lowest BCUT2D eigenvalue weighted by Gasteiger charge is -2.24. The molecule has 1 aromatic heterocycles. The minimum atomic E-state index is -0.0874. The van der Waals surface area contributed by atoms with Gasteiger partial charge >= 0.3 is 0 Å². The van der Waals surface area contributed by atoms with E-state index >= 15 is 0 Å². The highest BCUT2D eigenvalue weighted by molar-refractivity contribution is 5.35. The van der Waals surface area contributed by atoms with Gasteiger partial charge in [-0.25, -0.2) is 0 Å². The quantitative estimate of drug-likeness (QED) is 0.853. The van der Waals surface area contributed by atoms with Crippen molar-refractivity contribution in [3.05, 3.63) is 47.1 Å². The fourth-order valence-corrected chi connectivity index (χ4v) is 2.38. The van der Waals surface area contributed by atoms with Gasteiger partial charge in [0, 0.05) is 12.0 Å². The summed E-state index contributed by atoms with van der Waals surface area (Å²) in [6.45, 7) is 7.20. The van der Waals surface area contributed by atoms with Gasteiger partial charge in [0.05, 0.1) is 0 Å². The van der Waals surface area contributed by atoms with Crippen LogP contribution in [0.25, 0.3) is 0 Å². The zero-order valence-electron chi connectivity index (χ0n) is 11.6. The zero-order chi connectivity index (χ0) is 13.5. The molecule has 3 rings (SSSR count). The monoisotopic (exact) mass is 257 g/mol. The van der Waals surface area contributed by atoms with Crippen molar-refractivity contribution >= 4 is 0 Å². The molecule has 100 valence electrons. The Morgan fingerprint density at radius 2 is 2.05 bits per heavy atom. The predicted octanol–water partition coefficient (Wildman–Crippen LogP) is 2.60. The molecule has 4 nitrogen and oxygen atoms in total. The molecule has 19 heavy (non-hydrogen) atoms. The fraction of sp³-hybridized carbons (Fsp3) is 0.467. The first-order valence-corrected chi connectivity index (χ1v) is 6.71. The Kier molecular flexibility index (Phi) is 2.90. The third-order valence-electron chi connectivity index (χ3n) is 3.47. The highest BCUT2D eigenvalue weighted by Crippen LogP contribution is 2.29. The number of hydrogen-bond acceptors (Lipinski definition) is 4. The summed E-state index contributed by atoms with van der Waals surface area (Å²) in [5.74, 6) is 1.42. The number of nitrogens with zero attached hydrogens (tertiary/aromatic N) is 2. The first kappa shape index (κ1) is 12.4. The lowest BCUT2D eigenvalue weighted by Crippen LogP contribution is -2.30. The van der Waals surface area contributed by atoms with Crippen molar-refractivity contribution < 1.29 is 4.52 Å². The number of rotatable bonds is 1. The Hall–Kier alpha value is -1.68. The van der Waals surface area contributed by atoms with Gasteiger partial charge in [0.2, 0.25) is 5.89 Å². The minimum absolute atomic E-state index is 0.0218. The predicted molar refractivity (Wildman–Crippen MR) is 73.0 cm³/mol. The SMILES string of the molecule is CC(C)(C)c1noc(C2NCCc3ccccc32)n1. The maximum absolute atomic E-state index is 5.46. The Morgan fingerprint density at radius 1 is 1.26 bits per heavy atom. The van der Waals surface area contributed by atoms with Crippen LogP contribution >= 0.6 is 0 Å². The summed E-state index contributed by atoms with van der Waals surface area (Å²) in [4.78, 5) is 4.56. The zero-order valence-corrected chi connectivity index (χ0v) is 11.6. The molecule has 0 saturated carbocycles. The molecular weight excluding hydrogens is 238 g/mol. The van der Waals surface area contributed by atoms with Gasteiger partial charge in [-0.2, -0.15) is 4.98 Å². The Balaban J connectivity index is 1.98. The summed E-state index contributed by atoms with van der Waals surface area (Å²) in [5.41, 5.74) is 2.52. The van der Waals surface area contributed by atoms with Crippen LogP contribution in [0.15, 0.2) is 28.8 Å². The molecule has 0 bridgehead atoms. The number of hydrogen-bond donors (Lipinski definition) is 1. The van der Waals surface area contributed by atoms with Gasteiger partial charge in [-0.15, -0.1) is 0 Å². The lowest BCUT2D eigenvalue weighted by molar-refractivity contribution is 0.335. The molecule has 1 unspecified atom stereocenters. The maximum atomic E-state index is 5.46. The topological polar surface area (TPSA) is 51.0 Å². The van der Waals surface area contributed by atoms with Gasteiger partial charge in [-0.3, -0.25) is 0 Å². The van der Waals surface area contributed by atoms with Crippen LogP contribution in [0.1, 0.15) is 49.7 Å². The van der Waals surface area contributed by atoms with Gasteiger partial charge in [0.1, 0.15) is 6.04 Å². The van der Waals surface area contributed by atoms with Crippen molar-refractivity contribution in [2.45, 2.75) is 38.6 Å². The largest absolute Gasteiger partial charge is 0.337 e. The second-order valence-corrected chi connectivity index (χ2v) is 6.04. The van der Waals surface area contributed by atoms with Crippen LogP contribution in [0.4, 0.5) is 0 Å². The van der Waals surface area contributed by atoms with E-state index in [1.54, 1.807) is 0 Å². The highest BCUT2D eigenvalue weighted by atomic mass is 16.5. The Morgan fingerprint density at radius 3 is 2.79 bits per heavy atom. The van der Waals surface area contributed by atoms with E-state index in [9.17, 15) is 0 Å². The van der Waals surface area contributed by atoms with E-state index in [4.69, 9.17) is 4.52 Å². The van der Waals surface area contributed by atoms with Gasteiger partial charge in [0.25, 0.3) is 0 Å².